The standard InChI is InChI=1S/C21H11Cl2F3N4O2S/c22-12-3-5-13(6-4-12)30-19(32)15(18(31)28-20(30)33)9-14-2-1-7-29(14)17-16(23)8-11(10-27-17)21(24,25)26/h1-10H,(H,28,31,33)/b15-9+. The Morgan fingerprint density at radius 2 is 1.79 bits per heavy atom. The van der Waals surface area contributed by atoms with Crippen molar-refractivity contribution in [2.24, 2.45) is 0 Å². The molecule has 3 heterocycles. The van der Waals surface area contributed by atoms with Crippen LogP contribution in [0.2, 0.25) is 10.0 Å². The highest BCUT2D eigenvalue weighted by Crippen LogP contribution is 2.32. The molecule has 3 aromatic rings. The molecule has 1 fully saturated rings. The molecule has 1 saturated heterocycles. The first-order chi connectivity index (χ1) is 15.6. The quantitative estimate of drug-likeness (QED) is 0.305. The molecule has 168 valence electrons. The van der Waals surface area contributed by atoms with Crippen molar-refractivity contribution in [2.45, 2.75) is 6.18 Å². The molecule has 33 heavy (non-hydrogen) atoms. The molecule has 0 radical (unpaired) electrons. The number of anilines is 1. The van der Waals surface area contributed by atoms with E-state index in [0.717, 1.165) is 11.0 Å². The van der Waals surface area contributed by atoms with Crippen LogP contribution in [0.4, 0.5) is 18.9 Å². The van der Waals surface area contributed by atoms with Gasteiger partial charge in [-0.1, -0.05) is 23.2 Å². The fourth-order valence-corrected chi connectivity index (χ4v) is 3.76. The number of benzene rings is 1. The third-order valence-corrected chi connectivity index (χ3v) is 5.45. The molecule has 1 aromatic carbocycles. The molecule has 1 N–H and O–H groups in total. The van der Waals surface area contributed by atoms with E-state index in [1.54, 1.807) is 36.4 Å². The predicted octanol–water partition coefficient (Wildman–Crippen LogP) is 5.03. The summed E-state index contributed by atoms with van der Waals surface area (Å²) in [4.78, 5) is 30.6. The molecule has 12 heteroatoms. The number of amides is 2. The SMILES string of the molecule is O=C1NC(=S)N(c2ccc(Cl)cc2)C(=O)/C1=C/c1cccn1-c1ncc(C(F)(F)F)cc1Cl. The third-order valence-electron chi connectivity index (χ3n) is 4.64. The number of pyridine rings is 1. The maximum Gasteiger partial charge on any atom is 0.417 e. The number of nitrogens with zero attached hydrogens (tertiary/aromatic N) is 3. The lowest BCUT2D eigenvalue weighted by atomic mass is 10.1. The largest absolute Gasteiger partial charge is 0.417 e. The Balaban J connectivity index is 1.74. The first kappa shape index (κ1) is 23.0. The number of carbonyl (C=O) groups excluding carboxylic acids is 2. The number of nitrogens with one attached hydrogen (secondary N) is 1. The van der Waals surface area contributed by atoms with Crippen LogP contribution in [0.25, 0.3) is 11.9 Å². The van der Waals surface area contributed by atoms with Gasteiger partial charge in [0.1, 0.15) is 5.57 Å². The van der Waals surface area contributed by atoms with Crippen molar-refractivity contribution in [1.82, 2.24) is 14.9 Å². The number of alkyl halides is 3. The molecular weight excluding hydrogens is 500 g/mol. The molecule has 4 rings (SSSR count). The van der Waals surface area contributed by atoms with E-state index in [2.05, 4.69) is 10.3 Å². The van der Waals surface area contributed by atoms with Gasteiger partial charge in [0, 0.05) is 23.1 Å². The lowest BCUT2D eigenvalue weighted by Gasteiger charge is -2.29. The van der Waals surface area contributed by atoms with Crippen LogP contribution in [-0.2, 0) is 15.8 Å². The van der Waals surface area contributed by atoms with Crippen LogP contribution >= 0.6 is 35.4 Å². The van der Waals surface area contributed by atoms with Crippen molar-refractivity contribution in [2.75, 3.05) is 4.90 Å². The lowest BCUT2D eigenvalue weighted by molar-refractivity contribution is -0.137. The van der Waals surface area contributed by atoms with Gasteiger partial charge in [-0.3, -0.25) is 19.8 Å². The van der Waals surface area contributed by atoms with Gasteiger partial charge in [-0.15, -0.1) is 0 Å². The number of hydrogen-bond acceptors (Lipinski definition) is 4. The van der Waals surface area contributed by atoms with Crippen molar-refractivity contribution in [3.05, 3.63) is 81.7 Å². The lowest BCUT2D eigenvalue weighted by Crippen LogP contribution is -2.54. The molecule has 6 nitrogen and oxygen atoms in total. The molecule has 0 bridgehead atoms. The summed E-state index contributed by atoms with van der Waals surface area (Å²) in [5.41, 5.74) is -0.575. The van der Waals surface area contributed by atoms with E-state index in [1.165, 1.54) is 16.8 Å². The van der Waals surface area contributed by atoms with Crippen LogP contribution < -0.4 is 10.2 Å². The Morgan fingerprint density at radius 3 is 2.42 bits per heavy atom. The number of aromatic nitrogens is 2. The Kier molecular flexibility index (Phi) is 6.00. The van der Waals surface area contributed by atoms with Gasteiger partial charge in [0.15, 0.2) is 10.9 Å². The van der Waals surface area contributed by atoms with E-state index >= 15 is 0 Å². The van der Waals surface area contributed by atoms with Crippen molar-refractivity contribution < 1.29 is 22.8 Å². The number of rotatable bonds is 3. The first-order valence-corrected chi connectivity index (χ1v) is 10.3. The minimum atomic E-state index is -4.60. The number of halogens is 5. The Bertz CT molecular complexity index is 1320. The van der Waals surface area contributed by atoms with E-state index in [0.29, 0.717) is 16.9 Å². The van der Waals surface area contributed by atoms with Crippen LogP contribution in [0.3, 0.4) is 0 Å². The minimum absolute atomic E-state index is 0.00439. The summed E-state index contributed by atoms with van der Waals surface area (Å²) in [6, 6.07) is 10.1. The zero-order valence-electron chi connectivity index (χ0n) is 16.2. The molecule has 2 amide bonds. The smallest absolute Gasteiger partial charge is 0.301 e. The zero-order chi connectivity index (χ0) is 23.9. The van der Waals surface area contributed by atoms with Gasteiger partial charge in [0.05, 0.1) is 16.3 Å². The van der Waals surface area contributed by atoms with Crippen molar-refractivity contribution in [1.29, 1.82) is 0 Å². The topological polar surface area (TPSA) is 67.2 Å². The maximum absolute atomic E-state index is 13.1. The second-order valence-electron chi connectivity index (χ2n) is 6.76. The Labute approximate surface area is 200 Å². The molecule has 0 aliphatic carbocycles. The molecule has 1 aliphatic rings. The van der Waals surface area contributed by atoms with Gasteiger partial charge in [-0.2, -0.15) is 13.2 Å². The van der Waals surface area contributed by atoms with E-state index in [4.69, 9.17) is 35.4 Å². The van der Waals surface area contributed by atoms with Crippen LogP contribution in [0.5, 0.6) is 0 Å². The second-order valence-corrected chi connectivity index (χ2v) is 7.99. The predicted molar refractivity (Wildman–Crippen MR) is 121 cm³/mol. The molecule has 0 unspecified atom stereocenters. The number of thiocarbonyl (C=S) groups is 1. The van der Waals surface area contributed by atoms with E-state index in [-0.39, 0.29) is 27.2 Å². The summed E-state index contributed by atoms with van der Waals surface area (Å²) in [6.07, 6.45) is -1.19. The van der Waals surface area contributed by atoms with Crippen LogP contribution in [0, 0.1) is 0 Å². The van der Waals surface area contributed by atoms with Crippen molar-refractivity contribution >= 4 is 64.1 Å². The van der Waals surface area contributed by atoms with Gasteiger partial charge in [-0.05, 0) is 60.8 Å². The number of carbonyl (C=O) groups is 2. The number of hydrogen-bond donors (Lipinski definition) is 1. The fourth-order valence-electron chi connectivity index (χ4n) is 3.10. The van der Waals surface area contributed by atoms with E-state index < -0.39 is 23.6 Å². The van der Waals surface area contributed by atoms with Crippen molar-refractivity contribution in [3.63, 3.8) is 0 Å². The molecule has 1 aliphatic heterocycles. The summed E-state index contributed by atoms with van der Waals surface area (Å²) in [5.74, 6) is -1.42. The summed E-state index contributed by atoms with van der Waals surface area (Å²) >= 11 is 17.1. The summed E-state index contributed by atoms with van der Waals surface area (Å²) in [7, 11) is 0. The molecular formula is C21H11Cl2F3N4O2S. The fraction of sp³-hybridized carbons (Fsp3) is 0.0476. The highest BCUT2D eigenvalue weighted by molar-refractivity contribution is 7.80. The van der Waals surface area contributed by atoms with Crippen LogP contribution in [0.1, 0.15) is 11.3 Å². The maximum atomic E-state index is 13.1. The summed E-state index contributed by atoms with van der Waals surface area (Å²) < 4.78 is 40.1. The van der Waals surface area contributed by atoms with Crippen LogP contribution in [0.15, 0.2) is 60.4 Å². The minimum Gasteiger partial charge on any atom is -0.301 e. The van der Waals surface area contributed by atoms with Gasteiger partial charge in [0.2, 0.25) is 0 Å². The third kappa shape index (κ3) is 4.50. The first-order valence-electron chi connectivity index (χ1n) is 9.14. The van der Waals surface area contributed by atoms with Gasteiger partial charge in [0.25, 0.3) is 11.8 Å². The molecule has 2 aromatic heterocycles. The molecule has 0 spiro atoms. The van der Waals surface area contributed by atoms with E-state index in [9.17, 15) is 22.8 Å². The van der Waals surface area contributed by atoms with Gasteiger partial charge >= 0.3 is 6.18 Å². The second kappa shape index (κ2) is 8.62. The zero-order valence-corrected chi connectivity index (χ0v) is 18.6. The van der Waals surface area contributed by atoms with Gasteiger partial charge in [-0.25, -0.2) is 4.98 Å². The normalized spacial score (nSPS) is 15.8. The monoisotopic (exact) mass is 510 g/mol. The van der Waals surface area contributed by atoms with Crippen molar-refractivity contribution in [3.8, 4) is 5.82 Å². The average Bonchev–Trinajstić information content (AvgIpc) is 3.19. The van der Waals surface area contributed by atoms with Crippen LogP contribution in [-0.4, -0.2) is 26.5 Å². The summed E-state index contributed by atoms with van der Waals surface area (Å²) in [5, 5.41) is 2.54. The highest BCUT2D eigenvalue weighted by atomic mass is 35.5. The highest BCUT2D eigenvalue weighted by Gasteiger charge is 2.35. The molecule has 0 atom stereocenters. The Hall–Kier alpha value is -3.21. The molecule has 0 saturated carbocycles. The summed E-state index contributed by atoms with van der Waals surface area (Å²) in [6.45, 7) is 0. The Morgan fingerprint density at radius 1 is 1.09 bits per heavy atom. The van der Waals surface area contributed by atoms with Gasteiger partial charge < -0.3 is 4.57 Å². The van der Waals surface area contributed by atoms with E-state index in [1.807, 2.05) is 0 Å². The average molecular weight is 511 g/mol.